The van der Waals surface area contributed by atoms with E-state index in [0.29, 0.717) is 18.1 Å². The lowest BCUT2D eigenvalue weighted by molar-refractivity contribution is 0.215. The number of aliphatic hydroxyl groups is 1. The van der Waals surface area contributed by atoms with Crippen molar-refractivity contribution >= 4 is 0 Å². The smallest absolute Gasteiger partial charge is 0.0472 e. The maximum absolute atomic E-state index is 8.89. The zero-order chi connectivity index (χ0) is 7.78. The zero-order valence-corrected chi connectivity index (χ0v) is 7.09. The first-order valence-corrected chi connectivity index (χ1v) is 3.88. The van der Waals surface area contributed by atoms with Gasteiger partial charge in [0.1, 0.15) is 0 Å². The van der Waals surface area contributed by atoms with Gasteiger partial charge in [-0.3, -0.25) is 0 Å². The molecule has 0 aliphatic carbocycles. The molecule has 1 aliphatic rings. The van der Waals surface area contributed by atoms with Crippen LogP contribution >= 0.6 is 0 Å². The molecule has 2 nitrogen and oxygen atoms in total. The number of likely N-dealkylation sites (tertiary alicyclic amines) is 1. The third-order valence-corrected chi connectivity index (χ3v) is 2.61. The second kappa shape index (κ2) is 2.51. The van der Waals surface area contributed by atoms with Gasteiger partial charge in [0.15, 0.2) is 0 Å². The van der Waals surface area contributed by atoms with E-state index < -0.39 is 0 Å². The third kappa shape index (κ3) is 1.32. The van der Waals surface area contributed by atoms with Gasteiger partial charge in [0.2, 0.25) is 0 Å². The second-order valence-corrected chi connectivity index (χ2v) is 3.95. The summed E-state index contributed by atoms with van der Waals surface area (Å²) in [4.78, 5) is 2.31. The van der Waals surface area contributed by atoms with Crippen molar-refractivity contribution in [3.8, 4) is 0 Å². The molecule has 0 saturated carbocycles. The molecule has 1 fully saturated rings. The largest absolute Gasteiger partial charge is 0.396 e. The van der Waals surface area contributed by atoms with Crippen LogP contribution in [0.3, 0.4) is 0 Å². The van der Waals surface area contributed by atoms with Crippen molar-refractivity contribution in [2.45, 2.75) is 25.8 Å². The molecule has 1 aliphatic heterocycles. The normalized spacial score (nSPS) is 33.0. The topological polar surface area (TPSA) is 23.5 Å². The second-order valence-electron chi connectivity index (χ2n) is 3.95. The Labute approximate surface area is 62.8 Å². The van der Waals surface area contributed by atoms with E-state index in [0.717, 1.165) is 13.0 Å². The van der Waals surface area contributed by atoms with Crippen LogP contribution in [0, 0.1) is 5.92 Å². The summed E-state index contributed by atoms with van der Waals surface area (Å²) in [6.45, 7) is 5.84. The number of hydrogen-bond acceptors (Lipinski definition) is 2. The Hall–Kier alpha value is -0.0800. The zero-order valence-electron chi connectivity index (χ0n) is 7.09. The monoisotopic (exact) mass is 143 g/mol. The van der Waals surface area contributed by atoms with Crippen molar-refractivity contribution in [3.05, 3.63) is 0 Å². The highest BCUT2D eigenvalue weighted by Crippen LogP contribution is 2.30. The summed E-state index contributed by atoms with van der Waals surface area (Å²) in [6.07, 6.45) is 1.12. The van der Waals surface area contributed by atoms with Crippen LogP contribution in [0.1, 0.15) is 20.3 Å². The molecule has 1 unspecified atom stereocenters. The Kier molecular flexibility index (Phi) is 2.02. The number of nitrogens with zero attached hydrogens (tertiary/aromatic N) is 1. The molecule has 1 rings (SSSR count). The van der Waals surface area contributed by atoms with Crippen LogP contribution in [0.2, 0.25) is 0 Å². The van der Waals surface area contributed by atoms with Gasteiger partial charge in [-0.1, -0.05) is 0 Å². The molecular weight excluding hydrogens is 126 g/mol. The van der Waals surface area contributed by atoms with Crippen LogP contribution in [0.15, 0.2) is 0 Å². The number of rotatable bonds is 1. The van der Waals surface area contributed by atoms with Gasteiger partial charge in [-0.05, 0) is 33.2 Å². The van der Waals surface area contributed by atoms with E-state index in [1.807, 2.05) is 0 Å². The minimum Gasteiger partial charge on any atom is -0.396 e. The highest BCUT2D eigenvalue weighted by molar-refractivity contribution is 4.90. The van der Waals surface area contributed by atoms with Crippen LogP contribution in [0.5, 0.6) is 0 Å². The van der Waals surface area contributed by atoms with Crippen molar-refractivity contribution in [2.75, 3.05) is 20.2 Å². The van der Waals surface area contributed by atoms with Crippen molar-refractivity contribution < 1.29 is 5.11 Å². The molecule has 0 bridgehead atoms. The minimum absolute atomic E-state index is 0.299. The van der Waals surface area contributed by atoms with Crippen molar-refractivity contribution in [1.82, 2.24) is 4.90 Å². The van der Waals surface area contributed by atoms with Gasteiger partial charge < -0.3 is 10.0 Å². The van der Waals surface area contributed by atoms with Crippen LogP contribution in [0.4, 0.5) is 0 Å². The van der Waals surface area contributed by atoms with E-state index in [4.69, 9.17) is 5.11 Å². The maximum Gasteiger partial charge on any atom is 0.0472 e. The summed E-state index contributed by atoms with van der Waals surface area (Å²) in [6, 6.07) is 0. The first-order chi connectivity index (χ1) is 4.56. The maximum atomic E-state index is 8.89. The molecular formula is C8H17NO. The van der Waals surface area contributed by atoms with Gasteiger partial charge in [-0.2, -0.15) is 0 Å². The van der Waals surface area contributed by atoms with Gasteiger partial charge in [0, 0.05) is 18.7 Å². The summed E-state index contributed by atoms with van der Waals surface area (Å²) in [5, 5.41) is 8.89. The van der Waals surface area contributed by atoms with Crippen LogP contribution < -0.4 is 0 Å². The van der Waals surface area contributed by atoms with Crippen LogP contribution in [-0.2, 0) is 0 Å². The Morgan fingerprint density at radius 1 is 1.60 bits per heavy atom. The van der Waals surface area contributed by atoms with E-state index in [1.54, 1.807) is 0 Å². The van der Waals surface area contributed by atoms with Crippen LogP contribution in [-0.4, -0.2) is 35.7 Å². The van der Waals surface area contributed by atoms with E-state index in [-0.39, 0.29) is 0 Å². The lowest BCUT2D eigenvalue weighted by Gasteiger charge is -2.26. The van der Waals surface area contributed by atoms with E-state index in [9.17, 15) is 0 Å². The molecule has 1 saturated heterocycles. The predicted molar refractivity (Wildman–Crippen MR) is 41.9 cm³/mol. The fraction of sp³-hybridized carbons (Fsp3) is 1.00. The Bertz CT molecular complexity index is 122. The van der Waals surface area contributed by atoms with E-state index >= 15 is 0 Å². The van der Waals surface area contributed by atoms with Gasteiger partial charge in [0.25, 0.3) is 0 Å². The molecule has 0 amide bonds. The van der Waals surface area contributed by atoms with Crippen LogP contribution in [0.25, 0.3) is 0 Å². The van der Waals surface area contributed by atoms with Crippen molar-refractivity contribution in [2.24, 2.45) is 5.92 Å². The van der Waals surface area contributed by atoms with Gasteiger partial charge in [-0.15, -0.1) is 0 Å². The standard InChI is InChI=1S/C8H17NO/c1-8(2)4-7(6-10)5-9(8)3/h7,10H,4-6H2,1-3H3. The summed E-state index contributed by atoms with van der Waals surface area (Å²) in [5.74, 6) is 0.500. The number of aliphatic hydroxyl groups excluding tert-OH is 1. The molecule has 1 heterocycles. The molecule has 0 aromatic carbocycles. The highest BCUT2D eigenvalue weighted by Gasteiger charge is 2.34. The molecule has 1 N–H and O–H groups in total. The predicted octanol–water partition coefficient (Wildman–Crippen LogP) is 0.709. The molecule has 10 heavy (non-hydrogen) atoms. The van der Waals surface area contributed by atoms with E-state index in [2.05, 4.69) is 25.8 Å². The first-order valence-electron chi connectivity index (χ1n) is 3.88. The quantitative estimate of drug-likeness (QED) is 0.584. The summed E-state index contributed by atoms with van der Waals surface area (Å²) in [7, 11) is 2.12. The highest BCUT2D eigenvalue weighted by atomic mass is 16.3. The SMILES string of the molecule is CN1CC(CO)CC1(C)C. The molecule has 1 atom stereocenters. The molecule has 0 aromatic heterocycles. The molecule has 60 valence electrons. The fourth-order valence-corrected chi connectivity index (χ4v) is 1.68. The fourth-order valence-electron chi connectivity index (χ4n) is 1.68. The van der Waals surface area contributed by atoms with Gasteiger partial charge in [0.05, 0.1) is 0 Å². The average Bonchev–Trinajstić information content (AvgIpc) is 2.08. The van der Waals surface area contributed by atoms with Crippen molar-refractivity contribution in [1.29, 1.82) is 0 Å². The Morgan fingerprint density at radius 2 is 2.20 bits per heavy atom. The minimum atomic E-state index is 0.299. The van der Waals surface area contributed by atoms with E-state index in [1.165, 1.54) is 0 Å². The molecule has 0 radical (unpaired) electrons. The van der Waals surface area contributed by atoms with Crippen molar-refractivity contribution in [3.63, 3.8) is 0 Å². The first kappa shape index (κ1) is 8.02. The summed E-state index contributed by atoms with van der Waals surface area (Å²) >= 11 is 0. The molecule has 0 aromatic rings. The summed E-state index contributed by atoms with van der Waals surface area (Å²) < 4.78 is 0. The Morgan fingerprint density at radius 3 is 2.40 bits per heavy atom. The van der Waals surface area contributed by atoms with Gasteiger partial charge in [-0.25, -0.2) is 0 Å². The molecule has 2 heteroatoms. The summed E-state index contributed by atoms with van der Waals surface area (Å²) in [5.41, 5.74) is 0.299. The third-order valence-electron chi connectivity index (χ3n) is 2.61. The van der Waals surface area contributed by atoms with Gasteiger partial charge >= 0.3 is 0 Å². The lowest BCUT2D eigenvalue weighted by atomic mass is 9.97. The lowest BCUT2D eigenvalue weighted by Crippen LogP contribution is -2.34. The molecule has 0 spiro atoms. The average molecular weight is 143 g/mol. The number of hydrogen-bond donors (Lipinski definition) is 1. The Balaban J connectivity index is 2.53.